The largest absolute Gasteiger partial charge is 0.352 e. The highest BCUT2D eigenvalue weighted by Gasteiger charge is 2.24. The number of rotatable bonds is 4. The summed E-state index contributed by atoms with van der Waals surface area (Å²) >= 11 is 0. The Kier molecular flexibility index (Phi) is 4.33. The molecule has 1 aliphatic rings. The number of anilines is 1. The first kappa shape index (κ1) is 19.7. The van der Waals surface area contributed by atoms with Gasteiger partial charge >= 0.3 is 0 Å². The highest BCUT2D eigenvalue weighted by atomic mass is 15.3. The molecule has 0 spiro atoms. The van der Waals surface area contributed by atoms with Crippen molar-refractivity contribution >= 4 is 27.9 Å². The number of H-pyrrole nitrogens is 2. The van der Waals surface area contributed by atoms with Crippen LogP contribution in [0.1, 0.15) is 0 Å². The molecular weight excluding hydrogens is 440 g/mol. The molecule has 10 nitrogen and oxygen atoms in total. The molecule has 0 atom stereocenters. The maximum atomic E-state index is 5.93. The number of nitrogens with zero attached hydrogens (tertiary/aromatic N) is 7. The molecule has 170 valence electrons. The first-order chi connectivity index (χ1) is 17.2. The van der Waals surface area contributed by atoms with Gasteiger partial charge in [0.2, 0.25) is 0 Å². The molecule has 6 aromatic rings. The molecule has 35 heavy (non-hydrogen) atoms. The van der Waals surface area contributed by atoms with Crippen molar-refractivity contribution in [1.29, 1.82) is 0 Å². The Labute approximate surface area is 199 Å². The van der Waals surface area contributed by atoms with E-state index in [0.29, 0.717) is 11.5 Å². The van der Waals surface area contributed by atoms with E-state index in [1.807, 2.05) is 30.3 Å². The second-order valence-electron chi connectivity index (χ2n) is 8.64. The van der Waals surface area contributed by atoms with Crippen LogP contribution in [0.25, 0.3) is 56.0 Å². The van der Waals surface area contributed by atoms with Gasteiger partial charge in [-0.25, -0.2) is 15.0 Å². The average molecular weight is 461 g/mol. The van der Waals surface area contributed by atoms with Crippen molar-refractivity contribution in [3.8, 4) is 33.9 Å². The lowest BCUT2D eigenvalue weighted by atomic mass is 10.1. The number of aromatic nitrogens is 8. The average Bonchev–Trinajstić information content (AvgIpc) is 3.51. The van der Waals surface area contributed by atoms with Gasteiger partial charge in [0.1, 0.15) is 17.0 Å². The zero-order chi connectivity index (χ0) is 23.4. The summed E-state index contributed by atoms with van der Waals surface area (Å²) in [6.45, 7) is 1.59. The number of pyridine rings is 2. The van der Waals surface area contributed by atoms with Crippen LogP contribution in [-0.4, -0.2) is 59.2 Å². The molecule has 0 radical (unpaired) electrons. The van der Waals surface area contributed by atoms with E-state index in [0.717, 1.165) is 63.4 Å². The first-order valence-electron chi connectivity index (χ1n) is 11.3. The molecule has 6 heterocycles. The normalized spacial score (nSPS) is 14.0. The summed E-state index contributed by atoms with van der Waals surface area (Å²) in [4.78, 5) is 28.2. The van der Waals surface area contributed by atoms with Gasteiger partial charge in [0.05, 0.1) is 23.6 Å². The summed E-state index contributed by atoms with van der Waals surface area (Å²) in [5.41, 5.74) is 12.8. The number of fused-ring (bicyclic) bond motifs is 2. The third-order valence-corrected chi connectivity index (χ3v) is 6.31. The molecule has 0 bridgehead atoms. The smallest absolute Gasteiger partial charge is 0.160 e. The van der Waals surface area contributed by atoms with Crippen molar-refractivity contribution in [3.05, 3.63) is 67.4 Å². The minimum absolute atomic E-state index is 0.197. The third-order valence-electron chi connectivity index (χ3n) is 6.31. The van der Waals surface area contributed by atoms with E-state index in [-0.39, 0.29) is 6.04 Å². The summed E-state index contributed by atoms with van der Waals surface area (Å²) in [5.74, 6) is 1.48. The molecule has 0 unspecified atom stereocenters. The first-order valence-corrected chi connectivity index (χ1v) is 11.3. The van der Waals surface area contributed by atoms with Gasteiger partial charge in [-0.2, -0.15) is 5.10 Å². The van der Waals surface area contributed by atoms with Gasteiger partial charge in [0.15, 0.2) is 11.5 Å². The van der Waals surface area contributed by atoms with Crippen molar-refractivity contribution in [1.82, 2.24) is 40.1 Å². The van der Waals surface area contributed by atoms with Gasteiger partial charge in [-0.15, -0.1) is 0 Å². The number of nitrogens with two attached hydrogens (primary N) is 1. The summed E-state index contributed by atoms with van der Waals surface area (Å²) in [6.07, 6.45) is 8.87. The number of hydrogen-bond donors (Lipinski definition) is 3. The quantitative estimate of drug-likeness (QED) is 0.365. The lowest BCUT2D eigenvalue weighted by Gasteiger charge is -2.37. The minimum atomic E-state index is 0.197. The molecule has 0 saturated carbocycles. The SMILES string of the molecule is NC1CN(c2cncc(-c3ccc4[nH]nc(-c5nc6c(-c7ccncc7)ccnc6[nH]5)c4c3)n2)C1. The van der Waals surface area contributed by atoms with Crippen molar-refractivity contribution < 1.29 is 0 Å². The van der Waals surface area contributed by atoms with Gasteiger partial charge in [0.25, 0.3) is 0 Å². The van der Waals surface area contributed by atoms with Crippen LogP contribution in [-0.2, 0) is 0 Å². The highest BCUT2D eigenvalue weighted by molar-refractivity contribution is 5.97. The summed E-state index contributed by atoms with van der Waals surface area (Å²) in [7, 11) is 0. The van der Waals surface area contributed by atoms with Crippen molar-refractivity contribution in [3.63, 3.8) is 0 Å². The van der Waals surface area contributed by atoms with E-state index < -0.39 is 0 Å². The maximum absolute atomic E-state index is 5.93. The van der Waals surface area contributed by atoms with Crippen LogP contribution < -0.4 is 10.6 Å². The standard InChI is InChI=1S/C25H20N10/c26-16-12-35(13-16)21-11-28-10-20(30-21)15-1-2-19-18(9-15)23(34-33-19)25-31-22-17(5-8-29-24(22)32-25)14-3-6-27-7-4-14/h1-11,16H,12-13,26H2,(H,33,34)(H,29,31,32). The molecular formula is C25H20N10. The Morgan fingerprint density at radius 2 is 1.80 bits per heavy atom. The molecule has 0 aliphatic carbocycles. The van der Waals surface area contributed by atoms with Gasteiger partial charge in [-0.1, -0.05) is 6.07 Å². The van der Waals surface area contributed by atoms with Gasteiger partial charge in [-0.05, 0) is 35.9 Å². The molecule has 1 fully saturated rings. The van der Waals surface area contributed by atoms with Crippen LogP contribution >= 0.6 is 0 Å². The Balaban J connectivity index is 1.31. The van der Waals surface area contributed by atoms with Crippen LogP contribution in [0.2, 0.25) is 0 Å². The minimum Gasteiger partial charge on any atom is -0.352 e. The van der Waals surface area contributed by atoms with E-state index in [2.05, 4.69) is 41.1 Å². The zero-order valence-corrected chi connectivity index (χ0v) is 18.6. The van der Waals surface area contributed by atoms with E-state index in [9.17, 15) is 0 Å². The monoisotopic (exact) mass is 460 g/mol. The Morgan fingerprint density at radius 1 is 0.914 bits per heavy atom. The van der Waals surface area contributed by atoms with Gasteiger partial charge < -0.3 is 15.6 Å². The number of nitrogens with one attached hydrogen (secondary N) is 2. The van der Waals surface area contributed by atoms with Crippen LogP contribution in [0.3, 0.4) is 0 Å². The lowest BCUT2D eigenvalue weighted by Crippen LogP contribution is -2.56. The number of benzene rings is 1. The van der Waals surface area contributed by atoms with Crippen LogP contribution in [0.5, 0.6) is 0 Å². The lowest BCUT2D eigenvalue weighted by molar-refractivity contribution is 0.514. The van der Waals surface area contributed by atoms with Crippen molar-refractivity contribution in [2.75, 3.05) is 18.0 Å². The van der Waals surface area contributed by atoms with Crippen LogP contribution in [0, 0.1) is 0 Å². The second-order valence-corrected chi connectivity index (χ2v) is 8.64. The van der Waals surface area contributed by atoms with E-state index >= 15 is 0 Å². The van der Waals surface area contributed by atoms with E-state index in [4.69, 9.17) is 15.7 Å². The molecule has 1 aromatic carbocycles. The molecule has 1 saturated heterocycles. The van der Waals surface area contributed by atoms with Gasteiger partial charge in [-0.3, -0.25) is 15.1 Å². The zero-order valence-electron chi connectivity index (χ0n) is 18.6. The Morgan fingerprint density at radius 3 is 2.66 bits per heavy atom. The molecule has 5 aromatic heterocycles. The fourth-order valence-electron chi connectivity index (χ4n) is 4.49. The number of aromatic amines is 2. The fourth-order valence-corrected chi connectivity index (χ4v) is 4.49. The molecule has 7 rings (SSSR count). The topological polar surface area (TPSA) is 138 Å². The maximum Gasteiger partial charge on any atom is 0.160 e. The molecule has 0 amide bonds. The Bertz CT molecular complexity index is 1680. The van der Waals surface area contributed by atoms with Crippen LogP contribution in [0.4, 0.5) is 5.82 Å². The van der Waals surface area contributed by atoms with Crippen LogP contribution in [0.15, 0.2) is 67.4 Å². The Hall–Kier alpha value is -4.70. The fraction of sp³-hybridized carbons (Fsp3) is 0.120. The van der Waals surface area contributed by atoms with Crippen molar-refractivity contribution in [2.24, 2.45) is 5.73 Å². The van der Waals surface area contributed by atoms with E-state index in [1.165, 1.54) is 0 Å². The third kappa shape index (κ3) is 3.30. The predicted molar refractivity (Wildman–Crippen MR) is 133 cm³/mol. The number of hydrogen-bond acceptors (Lipinski definition) is 8. The molecule has 1 aliphatic heterocycles. The van der Waals surface area contributed by atoms with E-state index in [1.54, 1.807) is 31.0 Å². The molecule has 4 N–H and O–H groups in total. The second kappa shape index (κ2) is 7.67. The van der Waals surface area contributed by atoms with Gasteiger partial charge in [0, 0.05) is 54.2 Å². The summed E-state index contributed by atoms with van der Waals surface area (Å²) in [5, 5.41) is 8.61. The predicted octanol–water partition coefficient (Wildman–Crippen LogP) is 3.17. The summed E-state index contributed by atoms with van der Waals surface area (Å²) in [6, 6.07) is 12.2. The summed E-state index contributed by atoms with van der Waals surface area (Å²) < 4.78 is 0. The van der Waals surface area contributed by atoms with Crippen molar-refractivity contribution in [2.45, 2.75) is 6.04 Å². The molecule has 10 heteroatoms. The highest BCUT2D eigenvalue weighted by Crippen LogP contribution is 2.32. The number of imidazole rings is 1.